The molecule has 5 nitrogen and oxygen atoms in total. The molecule has 2 aliphatic rings. The van der Waals surface area contributed by atoms with Crippen LogP contribution in [-0.2, 0) is 9.59 Å². The number of nitrogens with zero attached hydrogens (tertiary/aromatic N) is 2. The zero-order valence-corrected chi connectivity index (χ0v) is 12.9. The van der Waals surface area contributed by atoms with E-state index in [1.54, 1.807) is 11.8 Å². The summed E-state index contributed by atoms with van der Waals surface area (Å²) in [4.78, 5) is 27.7. The van der Waals surface area contributed by atoms with Crippen LogP contribution < -0.4 is 5.73 Å². The van der Waals surface area contributed by atoms with E-state index in [9.17, 15) is 9.59 Å². The van der Waals surface area contributed by atoms with Gasteiger partial charge < -0.3 is 15.5 Å². The van der Waals surface area contributed by atoms with Crippen LogP contribution in [0, 0.1) is 5.92 Å². The summed E-state index contributed by atoms with van der Waals surface area (Å²) in [6.45, 7) is 4.09. The van der Waals surface area contributed by atoms with Crippen LogP contribution >= 0.6 is 0 Å². The molecule has 1 aromatic carbocycles. The highest BCUT2D eigenvalue weighted by Gasteiger charge is 2.38. The lowest BCUT2D eigenvalue weighted by molar-refractivity contribution is -0.134. The van der Waals surface area contributed by atoms with Crippen LogP contribution in [0.2, 0.25) is 0 Å². The normalized spacial score (nSPS) is 28.2. The van der Waals surface area contributed by atoms with Gasteiger partial charge in [0.15, 0.2) is 0 Å². The van der Waals surface area contributed by atoms with Gasteiger partial charge in [-0.25, -0.2) is 0 Å². The zero-order chi connectivity index (χ0) is 15.7. The molecule has 2 N–H and O–H groups in total. The Morgan fingerprint density at radius 3 is 2.45 bits per heavy atom. The van der Waals surface area contributed by atoms with Crippen molar-refractivity contribution >= 4 is 11.8 Å². The van der Waals surface area contributed by atoms with Crippen molar-refractivity contribution < 1.29 is 9.59 Å². The summed E-state index contributed by atoms with van der Waals surface area (Å²) in [6.07, 6.45) is 0.764. The smallest absolute Gasteiger partial charge is 0.227 e. The van der Waals surface area contributed by atoms with Crippen molar-refractivity contribution in [1.29, 1.82) is 0 Å². The molecule has 3 atom stereocenters. The lowest BCUT2D eigenvalue weighted by Crippen LogP contribution is -2.38. The van der Waals surface area contributed by atoms with Crippen LogP contribution in [-0.4, -0.2) is 53.8 Å². The second-order valence-electron chi connectivity index (χ2n) is 6.37. The first-order valence-corrected chi connectivity index (χ1v) is 7.91. The van der Waals surface area contributed by atoms with Gasteiger partial charge in [0.25, 0.3) is 0 Å². The Morgan fingerprint density at radius 2 is 1.82 bits per heavy atom. The topological polar surface area (TPSA) is 66.6 Å². The molecule has 22 heavy (non-hydrogen) atoms. The first-order chi connectivity index (χ1) is 10.6. The lowest BCUT2D eigenvalue weighted by atomic mass is 9.95. The van der Waals surface area contributed by atoms with Crippen LogP contribution in [0.4, 0.5) is 0 Å². The largest absolute Gasteiger partial charge is 0.342 e. The summed E-state index contributed by atoms with van der Waals surface area (Å²) in [5, 5.41) is 0. The summed E-state index contributed by atoms with van der Waals surface area (Å²) in [5.74, 6) is 0.342. The SMILES string of the molecule is CC(=O)N1CCC(C(=O)N2C[C@@H](N)[C@H](c3ccccc3)C2)C1. The molecule has 1 aromatic rings. The maximum atomic E-state index is 12.7. The maximum Gasteiger partial charge on any atom is 0.227 e. The predicted octanol–water partition coefficient (Wildman–Crippen LogP) is 0.808. The van der Waals surface area contributed by atoms with Gasteiger partial charge in [-0.3, -0.25) is 9.59 Å². The number of carbonyl (C=O) groups excluding carboxylic acids is 2. The second-order valence-corrected chi connectivity index (χ2v) is 6.37. The molecule has 118 valence electrons. The first kappa shape index (κ1) is 15.0. The number of hydrogen-bond donors (Lipinski definition) is 1. The Hall–Kier alpha value is -1.88. The Kier molecular flexibility index (Phi) is 4.16. The molecule has 3 rings (SSSR count). The Labute approximate surface area is 131 Å². The molecule has 2 saturated heterocycles. The zero-order valence-electron chi connectivity index (χ0n) is 12.9. The number of rotatable bonds is 2. The molecule has 2 aliphatic heterocycles. The average molecular weight is 301 g/mol. The molecular formula is C17H23N3O2. The summed E-state index contributed by atoms with van der Waals surface area (Å²) in [7, 11) is 0. The summed E-state index contributed by atoms with van der Waals surface area (Å²) < 4.78 is 0. The molecule has 5 heteroatoms. The molecule has 1 unspecified atom stereocenters. The molecule has 2 amide bonds. The molecule has 2 heterocycles. The minimum absolute atomic E-state index is 0.0170. The summed E-state index contributed by atoms with van der Waals surface area (Å²) in [6, 6.07) is 10.1. The van der Waals surface area contributed by atoms with Gasteiger partial charge in [0.1, 0.15) is 0 Å². The number of carbonyl (C=O) groups is 2. The summed E-state index contributed by atoms with van der Waals surface area (Å²) in [5.41, 5.74) is 7.45. The van der Waals surface area contributed by atoms with Crippen molar-refractivity contribution in [3.05, 3.63) is 35.9 Å². The van der Waals surface area contributed by atoms with E-state index in [1.807, 2.05) is 23.1 Å². The van der Waals surface area contributed by atoms with Crippen molar-refractivity contribution in [3.8, 4) is 0 Å². The van der Waals surface area contributed by atoms with Gasteiger partial charge in [0.2, 0.25) is 11.8 Å². The number of amides is 2. The monoisotopic (exact) mass is 301 g/mol. The third-order valence-electron chi connectivity index (χ3n) is 4.89. The van der Waals surface area contributed by atoms with Crippen molar-refractivity contribution in [2.45, 2.75) is 25.3 Å². The minimum Gasteiger partial charge on any atom is -0.342 e. The van der Waals surface area contributed by atoms with Crippen LogP contribution in [0.1, 0.15) is 24.8 Å². The molecule has 2 fully saturated rings. The lowest BCUT2D eigenvalue weighted by Gasteiger charge is -2.21. The van der Waals surface area contributed by atoms with Crippen LogP contribution in [0.5, 0.6) is 0 Å². The Bertz CT molecular complexity index is 560. The highest BCUT2D eigenvalue weighted by atomic mass is 16.2. The van der Waals surface area contributed by atoms with Gasteiger partial charge >= 0.3 is 0 Å². The van der Waals surface area contributed by atoms with E-state index in [2.05, 4.69) is 12.1 Å². The average Bonchev–Trinajstić information content (AvgIpc) is 3.14. The molecule has 0 bridgehead atoms. The van der Waals surface area contributed by atoms with E-state index in [-0.39, 0.29) is 29.7 Å². The molecule has 0 aliphatic carbocycles. The van der Waals surface area contributed by atoms with Crippen LogP contribution in [0.3, 0.4) is 0 Å². The highest BCUT2D eigenvalue weighted by molar-refractivity contribution is 5.82. The predicted molar refractivity (Wildman–Crippen MR) is 84.1 cm³/mol. The van der Waals surface area contributed by atoms with Gasteiger partial charge in [-0.05, 0) is 12.0 Å². The van der Waals surface area contributed by atoms with Crippen molar-refractivity contribution in [2.24, 2.45) is 11.7 Å². The maximum absolute atomic E-state index is 12.7. The summed E-state index contributed by atoms with van der Waals surface area (Å²) >= 11 is 0. The molecule has 0 saturated carbocycles. The standard InChI is InChI=1S/C17H23N3O2/c1-12(21)19-8-7-14(9-19)17(22)20-10-15(16(18)11-20)13-5-3-2-4-6-13/h2-6,14-16H,7-11,18H2,1H3/t14?,15-,16+/m0/s1. The first-order valence-electron chi connectivity index (χ1n) is 7.91. The fourth-order valence-corrected chi connectivity index (χ4v) is 3.57. The fourth-order valence-electron chi connectivity index (χ4n) is 3.57. The number of nitrogens with two attached hydrogens (primary N) is 1. The molecular weight excluding hydrogens is 278 g/mol. The van der Waals surface area contributed by atoms with Gasteiger partial charge in [-0.1, -0.05) is 30.3 Å². The van der Waals surface area contributed by atoms with Crippen molar-refractivity contribution in [3.63, 3.8) is 0 Å². The Morgan fingerprint density at radius 1 is 1.09 bits per heavy atom. The van der Waals surface area contributed by atoms with Crippen molar-refractivity contribution in [2.75, 3.05) is 26.2 Å². The minimum atomic E-state index is -0.0642. The number of benzene rings is 1. The van der Waals surface area contributed by atoms with E-state index >= 15 is 0 Å². The Balaban J connectivity index is 1.65. The third kappa shape index (κ3) is 2.86. The van der Waals surface area contributed by atoms with E-state index in [1.165, 1.54) is 5.56 Å². The third-order valence-corrected chi connectivity index (χ3v) is 4.89. The van der Waals surface area contributed by atoms with Gasteiger partial charge in [0, 0.05) is 45.1 Å². The molecule has 0 spiro atoms. The van der Waals surface area contributed by atoms with E-state index in [4.69, 9.17) is 5.73 Å². The second kappa shape index (κ2) is 6.08. The number of likely N-dealkylation sites (tertiary alicyclic amines) is 2. The molecule has 0 aromatic heterocycles. The van der Waals surface area contributed by atoms with Gasteiger partial charge in [-0.2, -0.15) is 0 Å². The fraction of sp³-hybridized carbons (Fsp3) is 0.529. The van der Waals surface area contributed by atoms with Gasteiger partial charge in [0.05, 0.1) is 5.92 Å². The van der Waals surface area contributed by atoms with Crippen molar-refractivity contribution in [1.82, 2.24) is 9.80 Å². The van der Waals surface area contributed by atoms with E-state index in [0.29, 0.717) is 26.2 Å². The van der Waals surface area contributed by atoms with E-state index in [0.717, 1.165) is 6.42 Å². The quantitative estimate of drug-likeness (QED) is 0.879. The van der Waals surface area contributed by atoms with Gasteiger partial charge in [-0.15, -0.1) is 0 Å². The van der Waals surface area contributed by atoms with E-state index < -0.39 is 0 Å². The van der Waals surface area contributed by atoms with Crippen LogP contribution in [0.25, 0.3) is 0 Å². The molecule has 0 radical (unpaired) electrons. The number of hydrogen-bond acceptors (Lipinski definition) is 3. The van der Waals surface area contributed by atoms with Crippen LogP contribution in [0.15, 0.2) is 30.3 Å². The highest BCUT2D eigenvalue weighted by Crippen LogP contribution is 2.29.